The Morgan fingerprint density at radius 2 is 1.97 bits per heavy atom. The van der Waals surface area contributed by atoms with Crippen LogP contribution in [0.3, 0.4) is 0 Å². The normalized spacial score (nSPS) is 22.1. The first-order chi connectivity index (χ1) is 18.5. The number of rotatable bonds is 8. The van der Waals surface area contributed by atoms with Crippen molar-refractivity contribution < 1.29 is 8.81 Å². The number of nitrogens with one attached hydrogen (secondary N) is 1. The number of halogens is 1. The first-order valence-corrected chi connectivity index (χ1v) is 12.8. The summed E-state index contributed by atoms with van der Waals surface area (Å²) in [6.07, 6.45) is 15.5. The highest BCUT2D eigenvalue weighted by molar-refractivity contribution is 5.76. The molecule has 9 nitrogen and oxygen atoms in total. The van der Waals surface area contributed by atoms with Crippen molar-refractivity contribution in [3.8, 4) is 16.9 Å². The molecule has 6 aromatic rings. The fourth-order valence-electron chi connectivity index (χ4n) is 6.25. The summed E-state index contributed by atoms with van der Waals surface area (Å²) in [4.78, 5) is 9.17. The number of imidazole rings is 1. The van der Waals surface area contributed by atoms with Gasteiger partial charge >= 0.3 is 0 Å². The first kappa shape index (κ1) is 21.7. The second kappa shape index (κ2) is 7.84. The van der Waals surface area contributed by atoms with E-state index in [1.54, 1.807) is 17.1 Å². The number of hydrogen-bond donors (Lipinski definition) is 1. The number of fused-ring (bicyclic) bond motifs is 2. The van der Waals surface area contributed by atoms with Crippen LogP contribution in [-0.4, -0.2) is 46.1 Å². The van der Waals surface area contributed by atoms with Gasteiger partial charge in [0.1, 0.15) is 17.0 Å². The van der Waals surface area contributed by atoms with E-state index in [0.29, 0.717) is 6.54 Å². The van der Waals surface area contributed by atoms with Crippen LogP contribution in [0, 0.1) is 5.41 Å². The van der Waals surface area contributed by atoms with Crippen molar-refractivity contribution in [2.24, 2.45) is 5.41 Å². The zero-order valence-corrected chi connectivity index (χ0v) is 20.6. The molecule has 38 heavy (non-hydrogen) atoms. The Morgan fingerprint density at radius 3 is 2.87 bits per heavy atom. The quantitative estimate of drug-likeness (QED) is 0.324. The summed E-state index contributed by atoms with van der Waals surface area (Å²) < 4.78 is 25.1. The number of pyridine rings is 2. The molecular weight excluding hydrogens is 483 g/mol. The van der Waals surface area contributed by atoms with E-state index in [1.807, 2.05) is 58.0 Å². The highest BCUT2D eigenvalue weighted by Gasteiger charge is 2.68. The minimum Gasteiger partial charge on any atom is -0.463 e. The van der Waals surface area contributed by atoms with Crippen molar-refractivity contribution >= 4 is 16.7 Å². The van der Waals surface area contributed by atoms with E-state index in [9.17, 15) is 4.39 Å². The van der Waals surface area contributed by atoms with Gasteiger partial charge in [0, 0.05) is 49.5 Å². The summed E-state index contributed by atoms with van der Waals surface area (Å²) in [5.74, 6) is 0. The van der Waals surface area contributed by atoms with Crippen molar-refractivity contribution in [3.05, 3.63) is 85.0 Å². The molecule has 0 amide bonds. The van der Waals surface area contributed by atoms with Gasteiger partial charge in [-0.15, -0.1) is 5.10 Å². The van der Waals surface area contributed by atoms with Crippen LogP contribution in [0.25, 0.3) is 33.7 Å². The van der Waals surface area contributed by atoms with E-state index in [2.05, 4.69) is 32.9 Å². The molecule has 0 aromatic carbocycles. The van der Waals surface area contributed by atoms with Gasteiger partial charge in [0.25, 0.3) is 0 Å². The molecule has 9 rings (SSSR count). The smallest absolute Gasteiger partial charge is 0.152 e. The Hall–Kier alpha value is -4.31. The van der Waals surface area contributed by atoms with Crippen molar-refractivity contribution in [2.75, 3.05) is 6.54 Å². The number of aromatic nitrogens is 7. The van der Waals surface area contributed by atoms with Crippen LogP contribution in [-0.2, 0) is 13.1 Å². The summed E-state index contributed by atoms with van der Waals surface area (Å²) in [5.41, 5.74) is 6.71. The molecule has 190 valence electrons. The number of nitrogens with zero attached hydrogens (tertiary/aromatic N) is 7. The highest BCUT2D eigenvalue weighted by atomic mass is 19.1. The molecule has 0 radical (unpaired) electrons. The van der Waals surface area contributed by atoms with Gasteiger partial charge < -0.3 is 18.7 Å². The summed E-state index contributed by atoms with van der Waals surface area (Å²) in [6, 6.07) is 10.0. The van der Waals surface area contributed by atoms with Gasteiger partial charge in [-0.1, -0.05) is 11.3 Å². The molecule has 0 spiro atoms. The van der Waals surface area contributed by atoms with Crippen LogP contribution in [0.15, 0.2) is 78.2 Å². The van der Waals surface area contributed by atoms with Gasteiger partial charge in [0.2, 0.25) is 0 Å². The molecule has 3 fully saturated rings. The lowest BCUT2D eigenvalue weighted by Crippen LogP contribution is -2.67. The summed E-state index contributed by atoms with van der Waals surface area (Å²) in [6.45, 7) is 2.16. The molecule has 10 heteroatoms. The Morgan fingerprint density at radius 1 is 1.05 bits per heavy atom. The fourth-order valence-corrected chi connectivity index (χ4v) is 6.25. The number of alkyl halides is 1. The van der Waals surface area contributed by atoms with E-state index in [4.69, 9.17) is 9.40 Å². The summed E-state index contributed by atoms with van der Waals surface area (Å²) >= 11 is 0. The third kappa shape index (κ3) is 3.55. The van der Waals surface area contributed by atoms with Crippen LogP contribution in [0.1, 0.15) is 30.5 Å². The molecule has 6 aromatic heterocycles. The lowest BCUT2D eigenvalue weighted by molar-refractivity contribution is -0.209. The topological polar surface area (TPSA) is 91.0 Å². The van der Waals surface area contributed by atoms with E-state index < -0.39 is 5.67 Å². The van der Waals surface area contributed by atoms with Gasteiger partial charge in [0.05, 0.1) is 42.1 Å². The van der Waals surface area contributed by atoms with Gasteiger partial charge in [-0.2, -0.15) is 0 Å². The van der Waals surface area contributed by atoms with Crippen molar-refractivity contribution in [2.45, 2.75) is 38.0 Å². The SMILES string of the molecule is FC12CC(CNCc3ccc4nc(Cn5cc(-c6cncc(-n7ccc8occc87)c6)nn5)cn4c3)(C1)C2. The molecule has 0 atom stereocenters. The molecule has 2 bridgehead atoms. The van der Waals surface area contributed by atoms with Gasteiger partial charge in [-0.3, -0.25) is 4.98 Å². The molecule has 0 unspecified atom stereocenters. The predicted octanol–water partition coefficient (Wildman–Crippen LogP) is 4.55. The Bertz CT molecular complexity index is 1790. The Labute approximate surface area is 216 Å². The number of furan rings is 1. The lowest BCUT2D eigenvalue weighted by atomic mass is 9.42. The lowest BCUT2D eigenvalue weighted by Gasteiger charge is -2.66. The van der Waals surface area contributed by atoms with Gasteiger partial charge in [0.15, 0.2) is 5.58 Å². The molecule has 0 aliphatic heterocycles. The predicted molar refractivity (Wildman–Crippen MR) is 138 cm³/mol. The zero-order chi connectivity index (χ0) is 25.3. The summed E-state index contributed by atoms with van der Waals surface area (Å²) in [7, 11) is 0. The largest absolute Gasteiger partial charge is 0.463 e. The van der Waals surface area contributed by atoms with E-state index in [1.165, 1.54) is 5.56 Å². The van der Waals surface area contributed by atoms with Crippen molar-refractivity contribution in [3.63, 3.8) is 0 Å². The molecule has 3 saturated carbocycles. The minimum absolute atomic E-state index is 0.212. The molecule has 6 heterocycles. The maximum absolute atomic E-state index is 13.7. The maximum Gasteiger partial charge on any atom is 0.152 e. The molecule has 1 N–H and O–H groups in total. The van der Waals surface area contributed by atoms with E-state index in [-0.39, 0.29) is 5.41 Å². The highest BCUT2D eigenvalue weighted by Crippen LogP contribution is 2.69. The van der Waals surface area contributed by atoms with Crippen LogP contribution in [0.5, 0.6) is 0 Å². The first-order valence-electron chi connectivity index (χ1n) is 12.8. The number of hydrogen-bond acceptors (Lipinski definition) is 6. The average Bonchev–Trinajstić information content (AvgIpc) is 3.66. The van der Waals surface area contributed by atoms with E-state index in [0.717, 1.165) is 71.7 Å². The van der Waals surface area contributed by atoms with Crippen LogP contribution >= 0.6 is 0 Å². The molecule has 3 aliphatic rings. The van der Waals surface area contributed by atoms with Crippen LogP contribution < -0.4 is 5.32 Å². The second-order valence-electron chi connectivity index (χ2n) is 10.9. The van der Waals surface area contributed by atoms with Crippen molar-refractivity contribution in [1.82, 2.24) is 39.2 Å². The monoisotopic (exact) mass is 508 g/mol. The van der Waals surface area contributed by atoms with Gasteiger partial charge in [-0.25, -0.2) is 14.1 Å². The average molecular weight is 509 g/mol. The standard InChI is InChI=1S/C28H25FN8O/c29-28-15-27(16-28,17-28)18-31-8-19-1-2-26-32-21(12-35(26)11-19)13-36-14-23(33-34-36)20-7-22(10-30-9-20)37-5-3-25-24(37)4-6-38-25/h1-7,9-12,14,31H,8,13,15-18H2. The Kier molecular flexibility index (Phi) is 4.49. The zero-order valence-electron chi connectivity index (χ0n) is 20.6. The van der Waals surface area contributed by atoms with Crippen LogP contribution in [0.2, 0.25) is 0 Å². The molecule has 3 aliphatic carbocycles. The maximum atomic E-state index is 13.7. The van der Waals surface area contributed by atoms with E-state index >= 15 is 0 Å². The Balaban J connectivity index is 0.961. The molecule has 0 saturated heterocycles. The third-order valence-corrected chi connectivity index (χ3v) is 7.94. The fraction of sp³-hybridized carbons (Fsp3) is 0.286. The summed E-state index contributed by atoms with van der Waals surface area (Å²) in [5, 5.41) is 12.2. The van der Waals surface area contributed by atoms with Crippen molar-refractivity contribution in [1.29, 1.82) is 0 Å². The molecular formula is C28H25FN8O. The third-order valence-electron chi connectivity index (χ3n) is 7.94. The van der Waals surface area contributed by atoms with Gasteiger partial charge in [-0.05, 0) is 48.4 Å². The second-order valence-corrected chi connectivity index (χ2v) is 10.9. The minimum atomic E-state index is -0.837. The van der Waals surface area contributed by atoms with Crippen LogP contribution in [0.4, 0.5) is 4.39 Å².